The second-order valence-corrected chi connectivity index (χ2v) is 4.00. The first-order valence-electron chi connectivity index (χ1n) is 5.28. The Kier molecular flexibility index (Phi) is 3.19. The predicted octanol–water partition coefficient (Wildman–Crippen LogP) is 2.23. The second-order valence-electron chi connectivity index (χ2n) is 4.00. The van der Waals surface area contributed by atoms with Crippen molar-refractivity contribution < 1.29 is 8.78 Å². The first kappa shape index (κ1) is 11.7. The fourth-order valence-electron chi connectivity index (χ4n) is 1.53. The SMILES string of the molecule is C[C@H](N)c1cnn(Cc2ccc(F)cc2F)c1. The van der Waals surface area contributed by atoms with Gasteiger partial charge in [-0.3, -0.25) is 4.68 Å². The molecule has 1 aromatic heterocycles. The second kappa shape index (κ2) is 4.63. The quantitative estimate of drug-likeness (QED) is 0.889. The summed E-state index contributed by atoms with van der Waals surface area (Å²) in [6, 6.07) is 3.40. The van der Waals surface area contributed by atoms with Crippen LogP contribution in [-0.2, 0) is 6.54 Å². The van der Waals surface area contributed by atoms with Crippen molar-refractivity contribution in [1.82, 2.24) is 9.78 Å². The molecule has 0 bridgehead atoms. The maximum absolute atomic E-state index is 13.4. The molecule has 17 heavy (non-hydrogen) atoms. The average Bonchev–Trinajstić information content (AvgIpc) is 2.71. The van der Waals surface area contributed by atoms with Gasteiger partial charge >= 0.3 is 0 Å². The molecule has 1 aromatic carbocycles. The maximum atomic E-state index is 13.4. The van der Waals surface area contributed by atoms with Crippen molar-refractivity contribution in [3.05, 3.63) is 53.4 Å². The Morgan fingerprint density at radius 2 is 2.18 bits per heavy atom. The van der Waals surface area contributed by atoms with E-state index in [0.717, 1.165) is 11.6 Å². The van der Waals surface area contributed by atoms with Gasteiger partial charge in [-0.05, 0) is 13.0 Å². The van der Waals surface area contributed by atoms with Crippen molar-refractivity contribution in [2.45, 2.75) is 19.5 Å². The smallest absolute Gasteiger partial charge is 0.131 e. The Morgan fingerprint density at radius 1 is 1.41 bits per heavy atom. The van der Waals surface area contributed by atoms with Crippen LogP contribution in [0.25, 0.3) is 0 Å². The summed E-state index contributed by atoms with van der Waals surface area (Å²) in [6.07, 6.45) is 3.40. The predicted molar refractivity (Wildman–Crippen MR) is 60.3 cm³/mol. The summed E-state index contributed by atoms with van der Waals surface area (Å²) in [7, 11) is 0. The number of hydrogen-bond donors (Lipinski definition) is 1. The van der Waals surface area contributed by atoms with Gasteiger partial charge in [-0.25, -0.2) is 8.78 Å². The highest BCUT2D eigenvalue weighted by Gasteiger charge is 2.07. The van der Waals surface area contributed by atoms with Crippen LogP contribution < -0.4 is 5.73 Å². The highest BCUT2D eigenvalue weighted by atomic mass is 19.1. The Morgan fingerprint density at radius 3 is 2.76 bits per heavy atom. The number of nitrogens with zero attached hydrogens (tertiary/aromatic N) is 2. The largest absolute Gasteiger partial charge is 0.324 e. The van der Waals surface area contributed by atoms with E-state index in [9.17, 15) is 8.78 Å². The van der Waals surface area contributed by atoms with Gasteiger partial charge < -0.3 is 5.73 Å². The summed E-state index contributed by atoms with van der Waals surface area (Å²) in [4.78, 5) is 0. The molecule has 0 radical (unpaired) electrons. The van der Waals surface area contributed by atoms with Crippen molar-refractivity contribution in [3.8, 4) is 0 Å². The van der Waals surface area contributed by atoms with Crippen LogP contribution >= 0.6 is 0 Å². The normalized spacial score (nSPS) is 12.7. The molecule has 0 spiro atoms. The van der Waals surface area contributed by atoms with Gasteiger partial charge in [0, 0.05) is 29.4 Å². The van der Waals surface area contributed by atoms with Crippen LogP contribution in [0.3, 0.4) is 0 Å². The van der Waals surface area contributed by atoms with E-state index in [1.165, 1.54) is 12.1 Å². The van der Waals surface area contributed by atoms with E-state index in [2.05, 4.69) is 5.10 Å². The van der Waals surface area contributed by atoms with Crippen molar-refractivity contribution >= 4 is 0 Å². The molecule has 5 heteroatoms. The van der Waals surface area contributed by atoms with E-state index < -0.39 is 11.6 Å². The third kappa shape index (κ3) is 2.68. The van der Waals surface area contributed by atoms with Gasteiger partial charge in [0.05, 0.1) is 12.7 Å². The van der Waals surface area contributed by atoms with Gasteiger partial charge in [0.25, 0.3) is 0 Å². The molecular weight excluding hydrogens is 224 g/mol. The number of halogens is 2. The Balaban J connectivity index is 2.19. The number of aromatic nitrogens is 2. The molecule has 2 N–H and O–H groups in total. The summed E-state index contributed by atoms with van der Waals surface area (Å²) in [5, 5.41) is 4.07. The molecule has 2 rings (SSSR count). The summed E-state index contributed by atoms with van der Waals surface area (Å²) < 4.78 is 27.7. The van der Waals surface area contributed by atoms with Crippen LogP contribution in [0.1, 0.15) is 24.1 Å². The molecular formula is C12H13F2N3. The third-order valence-corrected chi connectivity index (χ3v) is 2.53. The Bertz CT molecular complexity index is 520. The fourth-order valence-corrected chi connectivity index (χ4v) is 1.53. The first-order chi connectivity index (χ1) is 8.06. The summed E-state index contributed by atoms with van der Waals surface area (Å²) in [5.74, 6) is -1.15. The molecule has 0 unspecified atom stereocenters. The van der Waals surface area contributed by atoms with Gasteiger partial charge in [-0.2, -0.15) is 5.10 Å². The molecule has 0 fully saturated rings. The van der Waals surface area contributed by atoms with E-state index in [-0.39, 0.29) is 12.6 Å². The Hall–Kier alpha value is -1.75. The minimum absolute atomic E-state index is 0.109. The summed E-state index contributed by atoms with van der Waals surface area (Å²) in [5.41, 5.74) is 6.97. The molecule has 3 nitrogen and oxygen atoms in total. The fraction of sp³-hybridized carbons (Fsp3) is 0.250. The van der Waals surface area contributed by atoms with E-state index in [1.54, 1.807) is 17.1 Å². The summed E-state index contributed by atoms with van der Waals surface area (Å²) >= 11 is 0. The van der Waals surface area contributed by atoms with Crippen LogP contribution in [0.4, 0.5) is 8.78 Å². The zero-order valence-electron chi connectivity index (χ0n) is 9.40. The minimum Gasteiger partial charge on any atom is -0.324 e. The lowest BCUT2D eigenvalue weighted by Crippen LogP contribution is -2.05. The molecule has 0 saturated heterocycles. The van der Waals surface area contributed by atoms with Gasteiger partial charge in [0.1, 0.15) is 11.6 Å². The van der Waals surface area contributed by atoms with Crippen LogP contribution in [0.15, 0.2) is 30.6 Å². The number of hydrogen-bond acceptors (Lipinski definition) is 2. The lowest BCUT2D eigenvalue weighted by Gasteiger charge is -2.04. The van der Waals surface area contributed by atoms with Crippen LogP contribution in [0.2, 0.25) is 0 Å². The molecule has 0 amide bonds. The molecule has 1 atom stereocenters. The zero-order valence-corrected chi connectivity index (χ0v) is 9.40. The molecule has 1 heterocycles. The molecule has 0 aliphatic heterocycles. The molecule has 0 saturated carbocycles. The average molecular weight is 237 g/mol. The monoisotopic (exact) mass is 237 g/mol. The molecule has 0 aliphatic rings. The number of nitrogens with two attached hydrogens (primary N) is 1. The van der Waals surface area contributed by atoms with Gasteiger partial charge in [0.2, 0.25) is 0 Å². The molecule has 2 aromatic rings. The van der Waals surface area contributed by atoms with Crippen molar-refractivity contribution in [3.63, 3.8) is 0 Å². The molecule has 0 aliphatic carbocycles. The van der Waals surface area contributed by atoms with Gasteiger partial charge in [0.15, 0.2) is 0 Å². The van der Waals surface area contributed by atoms with Crippen molar-refractivity contribution in [1.29, 1.82) is 0 Å². The topological polar surface area (TPSA) is 43.8 Å². The van der Waals surface area contributed by atoms with E-state index in [0.29, 0.717) is 5.56 Å². The van der Waals surface area contributed by atoms with E-state index in [1.807, 2.05) is 6.92 Å². The maximum Gasteiger partial charge on any atom is 0.131 e. The summed E-state index contributed by atoms with van der Waals surface area (Å²) in [6.45, 7) is 2.11. The standard InChI is InChI=1S/C12H13F2N3/c1-8(15)10-5-16-17(7-10)6-9-2-3-11(13)4-12(9)14/h2-5,7-8H,6,15H2,1H3/t8-/m0/s1. The highest BCUT2D eigenvalue weighted by Crippen LogP contribution is 2.13. The highest BCUT2D eigenvalue weighted by molar-refractivity contribution is 5.19. The third-order valence-electron chi connectivity index (χ3n) is 2.53. The minimum atomic E-state index is -0.581. The van der Waals surface area contributed by atoms with E-state index in [4.69, 9.17) is 5.73 Å². The van der Waals surface area contributed by atoms with Crippen molar-refractivity contribution in [2.24, 2.45) is 5.73 Å². The Labute approximate surface area is 97.9 Å². The number of rotatable bonds is 3. The van der Waals surface area contributed by atoms with Gasteiger partial charge in [-0.15, -0.1) is 0 Å². The lowest BCUT2D eigenvalue weighted by molar-refractivity contribution is 0.558. The van der Waals surface area contributed by atoms with E-state index >= 15 is 0 Å². The van der Waals surface area contributed by atoms with Crippen LogP contribution in [0.5, 0.6) is 0 Å². The zero-order chi connectivity index (χ0) is 12.4. The molecule has 90 valence electrons. The van der Waals surface area contributed by atoms with Gasteiger partial charge in [-0.1, -0.05) is 6.07 Å². The lowest BCUT2D eigenvalue weighted by atomic mass is 10.2. The number of benzene rings is 1. The van der Waals surface area contributed by atoms with Crippen LogP contribution in [-0.4, -0.2) is 9.78 Å². The van der Waals surface area contributed by atoms with Crippen LogP contribution in [0, 0.1) is 11.6 Å². The first-order valence-corrected chi connectivity index (χ1v) is 5.28. The van der Waals surface area contributed by atoms with Crippen molar-refractivity contribution in [2.75, 3.05) is 0 Å².